The van der Waals surface area contributed by atoms with Crippen molar-refractivity contribution in [3.8, 4) is 0 Å². The minimum atomic E-state index is -3.58. The average Bonchev–Trinajstić information content (AvgIpc) is 2.63. The quantitative estimate of drug-likeness (QED) is 0.714. The zero-order chi connectivity index (χ0) is 21.4. The van der Waals surface area contributed by atoms with Crippen molar-refractivity contribution in [2.24, 2.45) is 0 Å². The number of nitrogens with one attached hydrogen (secondary N) is 1. The lowest BCUT2D eigenvalue weighted by Gasteiger charge is -2.39. The summed E-state index contributed by atoms with van der Waals surface area (Å²) in [5.74, 6) is -1.53. The summed E-state index contributed by atoms with van der Waals surface area (Å²) in [6.45, 7) is -0.0241. The molecule has 2 aromatic rings. The highest BCUT2D eigenvalue weighted by atomic mass is 35.5. The van der Waals surface area contributed by atoms with Gasteiger partial charge in [-0.25, -0.2) is 12.8 Å². The monoisotopic (exact) mass is 460 g/mol. The Labute approximate surface area is 178 Å². The molecule has 29 heavy (non-hydrogen) atoms. The molecule has 10 heteroatoms. The van der Waals surface area contributed by atoms with Gasteiger partial charge in [-0.05, 0) is 36.6 Å². The summed E-state index contributed by atoms with van der Waals surface area (Å²) in [5, 5.41) is 14.2. The Kier molecular flexibility index (Phi) is 5.93. The molecule has 0 fully saturated rings. The predicted octanol–water partition coefficient (Wildman–Crippen LogP) is 2.90. The molecule has 6 nitrogen and oxygen atoms in total. The predicted molar refractivity (Wildman–Crippen MR) is 108 cm³/mol. The van der Waals surface area contributed by atoms with Crippen molar-refractivity contribution in [2.45, 2.75) is 30.7 Å². The third-order valence-corrected chi connectivity index (χ3v) is 6.46. The Balaban J connectivity index is 1.89. The van der Waals surface area contributed by atoms with E-state index in [4.69, 9.17) is 23.2 Å². The van der Waals surface area contributed by atoms with E-state index in [1.807, 2.05) is 0 Å². The fourth-order valence-electron chi connectivity index (χ4n) is 3.52. The zero-order valence-corrected chi connectivity index (χ0v) is 17.8. The third-order valence-electron chi connectivity index (χ3n) is 4.87. The summed E-state index contributed by atoms with van der Waals surface area (Å²) < 4.78 is 39.3. The second-order valence-electron chi connectivity index (χ2n) is 7.22. The van der Waals surface area contributed by atoms with E-state index in [0.29, 0.717) is 15.6 Å². The van der Waals surface area contributed by atoms with Crippen molar-refractivity contribution in [3.05, 3.63) is 63.4 Å². The van der Waals surface area contributed by atoms with Crippen LogP contribution in [0.25, 0.3) is 0 Å². The molecule has 1 amide bonds. The number of nitrogens with zero attached hydrogens (tertiary/aromatic N) is 1. The summed E-state index contributed by atoms with van der Waals surface area (Å²) >= 11 is 11.9. The normalized spacial score (nSPS) is 24.0. The first-order valence-corrected chi connectivity index (χ1v) is 11.5. The number of pyridine rings is 1. The van der Waals surface area contributed by atoms with E-state index >= 15 is 4.39 Å². The first kappa shape index (κ1) is 22.0. The molecule has 2 atom stereocenters. The van der Waals surface area contributed by atoms with Crippen LogP contribution in [0.15, 0.2) is 36.5 Å². The molecule has 156 valence electrons. The molecule has 1 heterocycles. The molecule has 0 saturated carbocycles. The smallest absolute Gasteiger partial charge is 0.262 e. The number of benzene rings is 1. The van der Waals surface area contributed by atoms with Crippen molar-refractivity contribution in [2.75, 3.05) is 12.0 Å². The van der Waals surface area contributed by atoms with Crippen LogP contribution in [0.5, 0.6) is 0 Å². The molecule has 3 rings (SSSR count). The molecular formula is C19H19Cl2FN2O4S. The molecule has 0 aliphatic heterocycles. The van der Waals surface area contributed by atoms with Crippen LogP contribution < -0.4 is 5.32 Å². The highest BCUT2D eigenvalue weighted by Gasteiger charge is 2.52. The van der Waals surface area contributed by atoms with E-state index in [1.54, 1.807) is 12.1 Å². The van der Waals surface area contributed by atoms with E-state index in [9.17, 15) is 18.3 Å². The Morgan fingerprint density at radius 2 is 2.03 bits per heavy atom. The SMILES string of the molecule is CS(=O)(=O)C[C@]1(O)CC[C@@](F)(C(=O)NCc2ccc(Cl)cc2Cl)c2cccnc21. The lowest BCUT2D eigenvalue weighted by atomic mass is 9.75. The van der Waals surface area contributed by atoms with Gasteiger partial charge in [0.1, 0.15) is 5.60 Å². The number of carbonyl (C=O) groups excluding carboxylic acids is 1. The van der Waals surface area contributed by atoms with Gasteiger partial charge in [0.2, 0.25) is 5.67 Å². The topological polar surface area (TPSA) is 96.4 Å². The van der Waals surface area contributed by atoms with Crippen LogP contribution in [0.2, 0.25) is 10.0 Å². The van der Waals surface area contributed by atoms with E-state index in [1.165, 1.54) is 24.4 Å². The Morgan fingerprint density at radius 3 is 2.69 bits per heavy atom. The minimum absolute atomic E-state index is 0.0241. The van der Waals surface area contributed by atoms with Crippen LogP contribution in [0.4, 0.5) is 4.39 Å². The molecule has 0 radical (unpaired) electrons. The van der Waals surface area contributed by atoms with Crippen molar-refractivity contribution < 1.29 is 22.7 Å². The van der Waals surface area contributed by atoms with Crippen molar-refractivity contribution in [1.29, 1.82) is 0 Å². The first-order valence-electron chi connectivity index (χ1n) is 8.72. The number of hydrogen-bond acceptors (Lipinski definition) is 5. The molecule has 0 unspecified atom stereocenters. The molecule has 0 saturated heterocycles. The number of amides is 1. The Morgan fingerprint density at radius 1 is 1.31 bits per heavy atom. The van der Waals surface area contributed by atoms with Crippen LogP contribution >= 0.6 is 23.2 Å². The van der Waals surface area contributed by atoms with Gasteiger partial charge in [0, 0.05) is 34.6 Å². The Bertz CT molecular complexity index is 1070. The number of sulfone groups is 1. The van der Waals surface area contributed by atoms with Gasteiger partial charge in [0.25, 0.3) is 5.91 Å². The number of fused-ring (bicyclic) bond motifs is 1. The van der Waals surface area contributed by atoms with Crippen molar-refractivity contribution in [3.63, 3.8) is 0 Å². The highest BCUT2D eigenvalue weighted by molar-refractivity contribution is 7.90. The largest absolute Gasteiger partial charge is 0.382 e. The van der Waals surface area contributed by atoms with Gasteiger partial charge in [-0.2, -0.15) is 0 Å². The zero-order valence-electron chi connectivity index (χ0n) is 15.5. The summed E-state index contributed by atoms with van der Waals surface area (Å²) in [7, 11) is -3.58. The van der Waals surface area contributed by atoms with Gasteiger partial charge >= 0.3 is 0 Å². The molecule has 1 aliphatic rings. The van der Waals surface area contributed by atoms with Crippen molar-refractivity contribution >= 4 is 38.9 Å². The number of aliphatic hydroxyl groups is 1. The van der Waals surface area contributed by atoms with E-state index in [2.05, 4.69) is 10.3 Å². The van der Waals surface area contributed by atoms with Crippen LogP contribution in [-0.4, -0.2) is 36.4 Å². The fraction of sp³-hybridized carbons (Fsp3) is 0.368. The number of carbonyl (C=O) groups is 1. The van der Waals surface area contributed by atoms with Gasteiger partial charge in [-0.3, -0.25) is 9.78 Å². The van der Waals surface area contributed by atoms with Gasteiger partial charge in [-0.1, -0.05) is 35.3 Å². The van der Waals surface area contributed by atoms with Crippen molar-refractivity contribution in [1.82, 2.24) is 10.3 Å². The fourth-order valence-corrected chi connectivity index (χ4v) is 5.14. The number of aromatic nitrogens is 1. The van der Waals surface area contributed by atoms with Crippen LogP contribution in [0.1, 0.15) is 29.7 Å². The maximum absolute atomic E-state index is 15.8. The summed E-state index contributed by atoms with van der Waals surface area (Å²) in [5.41, 5.74) is -4.05. The Hall–Kier alpha value is -1.74. The second kappa shape index (κ2) is 7.83. The summed E-state index contributed by atoms with van der Waals surface area (Å²) in [4.78, 5) is 16.8. The summed E-state index contributed by atoms with van der Waals surface area (Å²) in [6.07, 6.45) is 1.64. The molecule has 2 N–H and O–H groups in total. The lowest BCUT2D eigenvalue weighted by Crippen LogP contribution is -2.49. The summed E-state index contributed by atoms with van der Waals surface area (Å²) in [6, 6.07) is 7.51. The first-order chi connectivity index (χ1) is 13.4. The minimum Gasteiger partial charge on any atom is -0.382 e. The average molecular weight is 461 g/mol. The van der Waals surface area contributed by atoms with E-state index in [-0.39, 0.29) is 24.2 Å². The number of halogens is 3. The number of rotatable bonds is 5. The van der Waals surface area contributed by atoms with Gasteiger partial charge < -0.3 is 10.4 Å². The standard InChI is InChI=1S/C19H19Cl2FN2O4S/c1-29(27,28)11-18(26)6-7-19(22,14-3-2-8-23-16(14)18)17(25)24-10-12-4-5-13(20)9-15(12)21/h2-5,8-9,26H,6-7,10-11H2,1H3,(H,24,25)/t18-,19+/m1/s1. The molecular weight excluding hydrogens is 442 g/mol. The molecule has 0 bridgehead atoms. The molecule has 1 aromatic carbocycles. The van der Waals surface area contributed by atoms with Gasteiger partial charge in [0.15, 0.2) is 9.84 Å². The second-order valence-corrected chi connectivity index (χ2v) is 10.2. The van der Waals surface area contributed by atoms with Crippen LogP contribution in [0.3, 0.4) is 0 Å². The van der Waals surface area contributed by atoms with E-state index < -0.39 is 39.2 Å². The molecule has 0 spiro atoms. The van der Waals surface area contributed by atoms with Gasteiger partial charge in [-0.15, -0.1) is 0 Å². The molecule has 1 aliphatic carbocycles. The van der Waals surface area contributed by atoms with Crippen LogP contribution in [-0.2, 0) is 32.4 Å². The van der Waals surface area contributed by atoms with Gasteiger partial charge in [0.05, 0.1) is 11.4 Å². The maximum Gasteiger partial charge on any atom is 0.262 e. The lowest BCUT2D eigenvalue weighted by molar-refractivity contribution is -0.136. The number of alkyl halides is 1. The van der Waals surface area contributed by atoms with E-state index in [0.717, 1.165) is 6.26 Å². The number of hydrogen-bond donors (Lipinski definition) is 2. The maximum atomic E-state index is 15.8. The molecule has 1 aromatic heterocycles. The highest BCUT2D eigenvalue weighted by Crippen LogP contribution is 2.45. The van der Waals surface area contributed by atoms with Crippen LogP contribution in [0, 0.1) is 0 Å². The third kappa shape index (κ3) is 4.55.